The summed E-state index contributed by atoms with van der Waals surface area (Å²) in [5, 5.41) is 13.8. The molecular weight excluding hydrogens is 442 g/mol. The number of benzene rings is 1. The van der Waals surface area contributed by atoms with Crippen molar-refractivity contribution in [1.82, 2.24) is 14.5 Å². The molecule has 9 heteroatoms. The number of aliphatic hydroxyl groups is 1. The molecule has 1 fully saturated rings. The number of rotatable bonds is 6. The number of alkyl halides is 1. The molecule has 0 bridgehead atoms. The molecule has 4 atom stereocenters. The first-order valence-corrected chi connectivity index (χ1v) is 10.6. The van der Waals surface area contributed by atoms with Crippen LogP contribution in [0.4, 0.5) is 10.2 Å². The highest BCUT2D eigenvalue weighted by molar-refractivity contribution is 6.42. The standard InChI is InChI=1S/C22H21Cl2FN4O2/c1-12-6-18(19(25)20(12)30)28-22-15(8-26-11-27-22)21(31)14-4-5-29(10-14)9-13-2-3-16(23)17(24)7-13/h2-5,7-8,10-12,18-20,30H,6,9H2,1H3,(H,26,27,28)/t12-,18-,19-,20-/m1/s1. The molecule has 6 nitrogen and oxygen atoms in total. The minimum Gasteiger partial charge on any atom is -0.390 e. The summed E-state index contributed by atoms with van der Waals surface area (Å²) in [6.45, 7) is 2.31. The third kappa shape index (κ3) is 4.59. The van der Waals surface area contributed by atoms with E-state index in [1.165, 1.54) is 12.5 Å². The van der Waals surface area contributed by atoms with Crippen LogP contribution in [0.1, 0.15) is 34.8 Å². The van der Waals surface area contributed by atoms with Crippen molar-refractivity contribution in [1.29, 1.82) is 0 Å². The zero-order valence-corrected chi connectivity index (χ0v) is 18.2. The lowest BCUT2D eigenvalue weighted by atomic mass is 10.1. The summed E-state index contributed by atoms with van der Waals surface area (Å²) in [6, 6.07) is 6.46. The number of hydrogen-bond donors (Lipinski definition) is 2. The van der Waals surface area contributed by atoms with Crippen molar-refractivity contribution in [3.05, 3.63) is 75.9 Å². The van der Waals surface area contributed by atoms with Crippen LogP contribution in [-0.2, 0) is 6.54 Å². The van der Waals surface area contributed by atoms with Gasteiger partial charge in [0.25, 0.3) is 0 Å². The number of carbonyl (C=O) groups is 1. The van der Waals surface area contributed by atoms with E-state index in [1.807, 2.05) is 10.6 Å². The highest BCUT2D eigenvalue weighted by Crippen LogP contribution is 2.31. The summed E-state index contributed by atoms with van der Waals surface area (Å²) in [4.78, 5) is 21.2. The van der Waals surface area contributed by atoms with Crippen LogP contribution in [0.25, 0.3) is 0 Å². The maximum Gasteiger partial charge on any atom is 0.199 e. The quantitative estimate of drug-likeness (QED) is 0.531. The molecule has 31 heavy (non-hydrogen) atoms. The summed E-state index contributed by atoms with van der Waals surface area (Å²) in [5.74, 6) is -0.201. The number of carbonyl (C=O) groups excluding carboxylic acids is 1. The highest BCUT2D eigenvalue weighted by atomic mass is 35.5. The summed E-state index contributed by atoms with van der Waals surface area (Å²) in [7, 11) is 0. The van der Waals surface area contributed by atoms with E-state index in [-0.39, 0.29) is 23.1 Å². The average Bonchev–Trinajstić information content (AvgIpc) is 3.31. The average molecular weight is 463 g/mol. The molecule has 1 saturated carbocycles. The van der Waals surface area contributed by atoms with E-state index in [0.717, 1.165) is 5.56 Å². The number of aromatic nitrogens is 3. The van der Waals surface area contributed by atoms with Gasteiger partial charge >= 0.3 is 0 Å². The fraction of sp³-hybridized carbons (Fsp3) is 0.318. The van der Waals surface area contributed by atoms with Crippen molar-refractivity contribution in [3.8, 4) is 0 Å². The monoisotopic (exact) mass is 462 g/mol. The molecule has 0 amide bonds. The maximum atomic E-state index is 14.4. The number of ketones is 1. The van der Waals surface area contributed by atoms with Crippen molar-refractivity contribution < 1.29 is 14.3 Å². The van der Waals surface area contributed by atoms with E-state index >= 15 is 0 Å². The molecule has 4 rings (SSSR count). The smallest absolute Gasteiger partial charge is 0.199 e. The number of hydrogen-bond acceptors (Lipinski definition) is 5. The molecule has 0 radical (unpaired) electrons. The molecule has 162 valence electrons. The SMILES string of the molecule is C[C@@H]1C[C@@H](Nc2ncncc2C(=O)c2ccn(Cc3ccc(Cl)c(Cl)c3)c2)[C@@H](F)[C@@H]1O. The zero-order valence-electron chi connectivity index (χ0n) is 16.7. The molecule has 0 unspecified atom stereocenters. The molecule has 0 spiro atoms. The topological polar surface area (TPSA) is 80.0 Å². The number of anilines is 1. The van der Waals surface area contributed by atoms with Crippen LogP contribution in [-0.4, -0.2) is 43.7 Å². The van der Waals surface area contributed by atoms with Gasteiger partial charge in [-0.2, -0.15) is 0 Å². The second-order valence-corrected chi connectivity index (χ2v) is 8.65. The largest absolute Gasteiger partial charge is 0.390 e. The molecule has 0 saturated heterocycles. The lowest BCUT2D eigenvalue weighted by molar-refractivity contribution is 0.0725. The highest BCUT2D eigenvalue weighted by Gasteiger charge is 2.41. The van der Waals surface area contributed by atoms with Crippen LogP contribution in [0.3, 0.4) is 0 Å². The lowest BCUT2D eigenvalue weighted by Crippen LogP contribution is -2.32. The van der Waals surface area contributed by atoms with Crippen molar-refractivity contribution in [3.63, 3.8) is 0 Å². The third-order valence-corrected chi connectivity index (χ3v) is 6.30. The fourth-order valence-corrected chi connectivity index (χ4v) is 4.15. The summed E-state index contributed by atoms with van der Waals surface area (Å²) >= 11 is 12.0. The van der Waals surface area contributed by atoms with E-state index in [1.54, 1.807) is 37.5 Å². The van der Waals surface area contributed by atoms with Crippen molar-refractivity contribution in [2.45, 2.75) is 38.2 Å². The van der Waals surface area contributed by atoms with Crippen LogP contribution >= 0.6 is 23.2 Å². The van der Waals surface area contributed by atoms with Gasteiger partial charge in [0.2, 0.25) is 0 Å². The summed E-state index contributed by atoms with van der Waals surface area (Å²) in [6.07, 6.45) is 4.21. The molecule has 0 aliphatic heterocycles. The Morgan fingerprint density at radius 2 is 2.13 bits per heavy atom. The van der Waals surface area contributed by atoms with Gasteiger partial charge in [-0.3, -0.25) is 4.79 Å². The first-order valence-electron chi connectivity index (χ1n) is 9.86. The number of nitrogens with zero attached hydrogens (tertiary/aromatic N) is 3. The van der Waals surface area contributed by atoms with E-state index in [9.17, 15) is 14.3 Å². The number of aliphatic hydroxyl groups excluding tert-OH is 1. The van der Waals surface area contributed by atoms with Gasteiger partial charge < -0.3 is 15.0 Å². The van der Waals surface area contributed by atoms with Crippen LogP contribution in [0.2, 0.25) is 10.0 Å². The Bertz CT molecular complexity index is 1110. The first-order chi connectivity index (χ1) is 14.8. The van der Waals surface area contributed by atoms with Crippen molar-refractivity contribution >= 4 is 34.8 Å². The van der Waals surface area contributed by atoms with E-state index in [4.69, 9.17) is 23.2 Å². The Labute approximate surface area is 189 Å². The lowest BCUT2D eigenvalue weighted by Gasteiger charge is -2.18. The van der Waals surface area contributed by atoms with Crippen LogP contribution in [0.15, 0.2) is 49.2 Å². The van der Waals surface area contributed by atoms with Gasteiger partial charge in [0.05, 0.1) is 27.8 Å². The molecule has 2 aromatic heterocycles. The molecule has 2 heterocycles. The predicted octanol–water partition coefficient (Wildman–Crippen LogP) is 4.38. The summed E-state index contributed by atoms with van der Waals surface area (Å²) in [5.41, 5.74) is 1.64. The van der Waals surface area contributed by atoms with Gasteiger partial charge in [-0.05, 0) is 36.1 Å². The normalized spacial score (nSPS) is 23.1. The van der Waals surface area contributed by atoms with Crippen LogP contribution in [0.5, 0.6) is 0 Å². The fourth-order valence-electron chi connectivity index (χ4n) is 3.82. The maximum absolute atomic E-state index is 14.4. The number of halogens is 3. The molecule has 1 aliphatic carbocycles. The van der Waals surface area contributed by atoms with Crippen LogP contribution < -0.4 is 5.32 Å². The van der Waals surface area contributed by atoms with Gasteiger partial charge in [0.1, 0.15) is 18.3 Å². The Morgan fingerprint density at radius 3 is 2.84 bits per heavy atom. The zero-order chi connectivity index (χ0) is 22.1. The Balaban J connectivity index is 1.52. The minimum absolute atomic E-state index is 0.177. The van der Waals surface area contributed by atoms with E-state index in [2.05, 4.69) is 15.3 Å². The van der Waals surface area contributed by atoms with E-state index in [0.29, 0.717) is 28.6 Å². The molecule has 2 N–H and O–H groups in total. The van der Waals surface area contributed by atoms with Crippen molar-refractivity contribution in [2.24, 2.45) is 5.92 Å². The van der Waals surface area contributed by atoms with Gasteiger partial charge in [-0.1, -0.05) is 36.2 Å². The molecule has 1 aromatic carbocycles. The minimum atomic E-state index is -1.43. The van der Waals surface area contributed by atoms with Gasteiger partial charge in [-0.15, -0.1) is 0 Å². The van der Waals surface area contributed by atoms with Gasteiger partial charge in [0, 0.05) is 30.7 Å². The Morgan fingerprint density at radius 1 is 1.32 bits per heavy atom. The Hall–Kier alpha value is -2.48. The second-order valence-electron chi connectivity index (χ2n) is 7.83. The number of nitrogens with one attached hydrogen (secondary N) is 1. The van der Waals surface area contributed by atoms with Crippen LogP contribution in [0, 0.1) is 5.92 Å². The predicted molar refractivity (Wildman–Crippen MR) is 118 cm³/mol. The van der Waals surface area contributed by atoms with Gasteiger partial charge in [-0.25, -0.2) is 14.4 Å². The molecule has 1 aliphatic rings. The second kappa shape index (κ2) is 8.94. The molecular formula is C22H21Cl2FN4O2. The van der Waals surface area contributed by atoms with E-state index < -0.39 is 18.3 Å². The van der Waals surface area contributed by atoms with Gasteiger partial charge in [0.15, 0.2) is 5.78 Å². The third-order valence-electron chi connectivity index (χ3n) is 5.56. The Kier molecular flexibility index (Phi) is 6.27. The summed E-state index contributed by atoms with van der Waals surface area (Å²) < 4.78 is 16.2. The van der Waals surface area contributed by atoms with Crippen molar-refractivity contribution in [2.75, 3.05) is 5.32 Å². The molecule has 3 aromatic rings. The first kappa shape index (κ1) is 21.7.